The molecule has 9 nitrogen and oxygen atoms in total. The van der Waals surface area contributed by atoms with Gasteiger partial charge in [0, 0.05) is 19.0 Å². The third kappa shape index (κ3) is 3.05. The highest BCUT2D eigenvalue weighted by atomic mass is 32.1. The lowest BCUT2D eigenvalue weighted by atomic mass is 10.1. The highest BCUT2D eigenvalue weighted by Crippen LogP contribution is 2.36. The van der Waals surface area contributed by atoms with Crippen LogP contribution in [-0.4, -0.2) is 58.9 Å². The summed E-state index contributed by atoms with van der Waals surface area (Å²) in [5.74, 6) is 0. The summed E-state index contributed by atoms with van der Waals surface area (Å²) in [6.07, 6.45) is 1.30. The van der Waals surface area contributed by atoms with Crippen LogP contribution in [0.15, 0.2) is 12.1 Å². The summed E-state index contributed by atoms with van der Waals surface area (Å²) in [6.45, 7) is 3.48. The molecule has 10 heteroatoms. The summed E-state index contributed by atoms with van der Waals surface area (Å²) < 4.78 is 0.650. The van der Waals surface area contributed by atoms with Crippen LogP contribution in [-0.2, 0) is 6.42 Å². The van der Waals surface area contributed by atoms with Crippen LogP contribution in [0.5, 0.6) is 0 Å². The lowest BCUT2D eigenvalue weighted by molar-refractivity contribution is -0.385. The Morgan fingerprint density at radius 2 is 2.20 bits per heavy atom. The van der Waals surface area contributed by atoms with Gasteiger partial charge in [0.2, 0.25) is 0 Å². The first kappa shape index (κ1) is 17.2. The molecule has 1 aliphatic heterocycles. The maximum Gasteiger partial charge on any atom is 0.328 e. The van der Waals surface area contributed by atoms with E-state index in [0.717, 1.165) is 6.21 Å². The number of nitro benzene ring substituents is 1. The quantitative estimate of drug-likeness (QED) is 0.500. The molecule has 25 heavy (non-hydrogen) atoms. The Kier molecular flexibility index (Phi) is 4.64. The molecule has 0 aliphatic carbocycles. The highest BCUT2D eigenvalue weighted by Gasteiger charge is 2.31. The molecular formula is C15H18N6O3S. The van der Waals surface area contributed by atoms with Gasteiger partial charge in [-0.25, -0.2) is 9.78 Å². The van der Waals surface area contributed by atoms with Crippen LogP contribution in [0.3, 0.4) is 0 Å². The Morgan fingerprint density at radius 3 is 2.84 bits per heavy atom. The predicted octanol–water partition coefficient (Wildman–Crippen LogP) is 2.51. The SMILES string of the molecule is CCN1CN(C)CN(c2nc3ccc([N+](=O)[O-])c(CC=N)c3s2)C1=O. The lowest BCUT2D eigenvalue weighted by Gasteiger charge is -2.38. The lowest BCUT2D eigenvalue weighted by Crippen LogP contribution is -2.56. The van der Waals surface area contributed by atoms with E-state index in [1.54, 1.807) is 15.9 Å². The zero-order chi connectivity index (χ0) is 18.1. The number of thiazole rings is 1. The topological polar surface area (TPSA) is 107 Å². The average molecular weight is 362 g/mol. The normalized spacial score (nSPS) is 15.8. The van der Waals surface area contributed by atoms with Crippen molar-refractivity contribution in [1.82, 2.24) is 14.8 Å². The number of benzene rings is 1. The fourth-order valence-electron chi connectivity index (χ4n) is 2.86. The molecule has 0 unspecified atom stereocenters. The third-order valence-electron chi connectivity index (χ3n) is 4.04. The fourth-order valence-corrected chi connectivity index (χ4v) is 3.96. The number of nitrogens with zero attached hydrogens (tertiary/aromatic N) is 5. The van der Waals surface area contributed by atoms with Gasteiger partial charge in [-0.3, -0.25) is 19.9 Å². The number of amides is 2. The van der Waals surface area contributed by atoms with Crippen molar-refractivity contribution in [3.8, 4) is 0 Å². The third-order valence-corrected chi connectivity index (χ3v) is 5.19. The number of nitrogens with one attached hydrogen (secondary N) is 1. The summed E-state index contributed by atoms with van der Waals surface area (Å²) >= 11 is 1.25. The number of rotatable bonds is 5. The second-order valence-corrected chi connectivity index (χ2v) is 6.76. The van der Waals surface area contributed by atoms with E-state index in [2.05, 4.69) is 4.98 Å². The Balaban J connectivity index is 2.09. The van der Waals surface area contributed by atoms with Gasteiger partial charge in [-0.2, -0.15) is 0 Å². The zero-order valence-electron chi connectivity index (χ0n) is 13.9. The molecule has 0 spiro atoms. The molecule has 2 amide bonds. The van der Waals surface area contributed by atoms with Gasteiger partial charge in [0.1, 0.15) is 0 Å². The van der Waals surface area contributed by atoms with Crippen LogP contribution in [0.4, 0.5) is 15.6 Å². The molecule has 3 rings (SSSR count). The van der Waals surface area contributed by atoms with Crippen molar-refractivity contribution in [3.05, 3.63) is 27.8 Å². The highest BCUT2D eigenvalue weighted by molar-refractivity contribution is 7.22. The number of urea groups is 1. The second-order valence-electron chi connectivity index (χ2n) is 5.78. The number of carbonyl (C=O) groups excluding carboxylic acids is 1. The molecule has 1 aliphatic rings. The molecule has 0 radical (unpaired) electrons. The molecule has 1 N–H and O–H groups in total. The van der Waals surface area contributed by atoms with Crippen molar-refractivity contribution >= 4 is 44.6 Å². The van der Waals surface area contributed by atoms with Crippen molar-refractivity contribution in [1.29, 1.82) is 5.41 Å². The summed E-state index contributed by atoms with van der Waals surface area (Å²) in [6, 6.07) is 2.88. The molecule has 1 aromatic carbocycles. The Morgan fingerprint density at radius 1 is 1.44 bits per heavy atom. The number of hydrogen-bond acceptors (Lipinski definition) is 7. The maximum atomic E-state index is 12.6. The second kappa shape index (κ2) is 6.73. The first-order valence-electron chi connectivity index (χ1n) is 7.77. The van der Waals surface area contributed by atoms with Gasteiger partial charge in [0.05, 0.1) is 34.0 Å². The minimum atomic E-state index is -0.448. The van der Waals surface area contributed by atoms with Gasteiger partial charge in [-0.1, -0.05) is 11.3 Å². The van der Waals surface area contributed by atoms with E-state index in [0.29, 0.717) is 40.8 Å². The number of nitro groups is 1. The molecule has 2 aromatic rings. The summed E-state index contributed by atoms with van der Waals surface area (Å²) in [4.78, 5) is 33.2. The van der Waals surface area contributed by atoms with Crippen molar-refractivity contribution < 1.29 is 9.72 Å². The van der Waals surface area contributed by atoms with Crippen molar-refractivity contribution in [3.63, 3.8) is 0 Å². The van der Waals surface area contributed by atoms with Crippen LogP contribution in [0.25, 0.3) is 10.2 Å². The van der Waals surface area contributed by atoms with Gasteiger partial charge < -0.3 is 10.3 Å². The van der Waals surface area contributed by atoms with Crippen LogP contribution in [0, 0.1) is 15.5 Å². The van der Waals surface area contributed by atoms with Crippen LogP contribution in [0.2, 0.25) is 0 Å². The van der Waals surface area contributed by atoms with E-state index in [-0.39, 0.29) is 18.1 Å². The Labute approximate surface area is 148 Å². The van der Waals surface area contributed by atoms with Gasteiger partial charge in [0.25, 0.3) is 5.69 Å². The predicted molar refractivity (Wildman–Crippen MR) is 96.5 cm³/mol. The Hall–Kier alpha value is -2.59. The van der Waals surface area contributed by atoms with Gasteiger partial charge >= 0.3 is 6.03 Å². The maximum absolute atomic E-state index is 12.6. The first-order valence-corrected chi connectivity index (χ1v) is 8.58. The monoisotopic (exact) mass is 362 g/mol. The molecule has 1 aromatic heterocycles. The van der Waals surface area contributed by atoms with Crippen LogP contribution < -0.4 is 4.90 Å². The van der Waals surface area contributed by atoms with E-state index < -0.39 is 4.92 Å². The number of hydrogen-bond donors (Lipinski definition) is 1. The van der Waals surface area contributed by atoms with Gasteiger partial charge in [-0.15, -0.1) is 0 Å². The minimum Gasteiger partial charge on any atom is -0.313 e. The number of carbonyl (C=O) groups is 1. The molecule has 1 saturated heterocycles. The van der Waals surface area contributed by atoms with E-state index in [1.165, 1.54) is 17.4 Å². The first-order chi connectivity index (χ1) is 12.0. The minimum absolute atomic E-state index is 0.0246. The molecular weight excluding hydrogens is 344 g/mol. The molecule has 0 atom stereocenters. The molecule has 0 saturated carbocycles. The molecule has 1 fully saturated rings. The van der Waals surface area contributed by atoms with Gasteiger partial charge in [-0.05, 0) is 26.3 Å². The molecule has 132 valence electrons. The van der Waals surface area contributed by atoms with Gasteiger partial charge in [0.15, 0.2) is 5.13 Å². The fraction of sp³-hybridized carbons (Fsp3) is 0.400. The number of aromatic nitrogens is 1. The smallest absolute Gasteiger partial charge is 0.313 e. The Bertz CT molecular complexity index is 851. The van der Waals surface area contributed by atoms with Crippen LogP contribution in [0.1, 0.15) is 12.5 Å². The van der Waals surface area contributed by atoms with Crippen molar-refractivity contribution in [2.45, 2.75) is 13.3 Å². The van der Waals surface area contributed by atoms with E-state index in [4.69, 9.17) is 5.41 Å². The largest absolute Gasteiger partial charge is 0.328 e. The van der Waals surface area contributed by atoms with Crippen LogP contribution >= 0.6 is 11.3 Å². The molecule has 0 bridgehead atoms. The summed E-state index contributed by atoms with van der Waals surface area (Å²) in [7, 11) is 1.92. The van der Waals surface area contributed by atoms with E-state index >= 15 is 0 Å². The van der Waals surface area contributed by atoms with E-state index in [9.17, 15) is 14.9 Å². The zero-order valence-corrected chi connectivity index (χ0v) is 14.7. The number of anilines is 1. The molecule has 2 heterocycles. The number of fused-ring (bicyclic) bond motifs is 1. The summed E-state index contributed by atoms with van der Waals surface area (Å²) in [5.41, 5.74) is 1.04. The summed E-state index contributed by atoms with van der Waals surface area (Å²) in [5, 5.41) is 19.1. The standard InChI is InChI=1S/C15H18N6O3S/c1-3-19-8-18(2)9-20(15(19)22)14-17-11-4-5-12(21(23)24)10(6-7-16)13(11)25-14/h4-5,7,16H,3,6,8-9H2,1-2H3. The van der Waals surface area contributed by atoms with Crippen molar-refractivity contribution in [2.75, 3.05) is 31.8 Å². The van der Waals surface area contributed by atoms with E-state index in [1.807, 2.05) is 18.9 Å². The average Bonchev–Trinajstić information content (AvgIpc) is 3.01. The van der Waals surface area contributed by atoms with Crippen molar-refractivity contribution in [2.24, 2.45) is 0 Å².